The summed E-state index contributed by atoms with van der Waals surface area (Å²) in [6.45, 7) is 1.98. The first-order chi connectivity index (χ1) is 14.8. The Hall–Kier alpha value is -1.92. The van der Waals surface area contributed by atoms with E-state index in [9.17, 15) is 17.2 Å². The molecule has 2 unspecified atom stereocenters. The van der Waals surface area contributed by atoms with E-state index in [1.54, 1.807) is 6.20 Å². The molecule has 2 aromatic rings. The third-order valence-electron chi connectivity index (χ3n) is 6.33. The summed E-state index contributed by atoms with van der Waals surface area (Å²) in [7, 11) is -3.56. The highest BCUT2D eigenvalue weighted by atomic mass is 32.2. The maximum Gasteiger partial charge on any atom is 0.259 e. The fourth-order valence-electron chi connectivity index (χ4n) is 4.59. The van der Waals surface area contributed by atoms with Crippen molar-refractivity contribution < 1.29 is 26.7 Å². The third-order valence-corrected chi connectivity index (χ3v) is 8.26. The summed E-state index contributed by atoms with van der Waals surface area (Å²) < 4.78 is 65.2. The lowest BCUT2D eigenvalue weighted by Crippen LogP contribution is -2.47. The molecule has 168 valence electrons. The van der Waals surface area contributed by atoms with Gasteiger partial charge in [0, 0.05) is 49.1 Å². The third kappa shape index (κ3) is 3.78. The summed E-state index contributed by atoms with van der Waals surface area (Å²) in [4.78, 5) is 2.13. The Morgan fingerprint density at radius 2 is 2.03 bits per heavy atom. The van der Waals surface area contributed by atoms with E-state index in [4.69, 9.17) is 15.2 Å². The number of fused-ring (bicyclic) bond motifs is 1. The fraction of sp³-hybridized carbons (Fsp3) is 0.550. The van der Waals surface area contributed by atoms with Crippen molar-refractivity contribution in [3.63, 3.8) is 0 Å². The number of benzene rings is 1. The first-order valence-electron chi connectivity index (χ1n) is 10.3. The summed E-state index contributed by atoms with van der Waals surface area (Å²) in [5.41, 5.74) is 7.97. The van der Waals surface area contributed by atoms with Gasteiger partial charge in [-0.2, -0.15) is 9.19 Å². The molecule has 0 aliphatic carbocycles. The van der Waals surface area contributed by atoms with Gasteiger partial charge in [0.15, 0.2) is 0 Å². The second kappa shape index (κ2) is 7.89. The minimum atomic E-state index is -3.56. The van der Waals surface area contributed by atoms with Crippen molar-refractivity contribution in [1.29, 1.82) is 0 Å². The molecule has 3 aliphatic rings. The number of hydrogen-bond donors (Lipinski definition) is 1. The Bertz CT molecular complexity index is 1060. The van der Waals surface area contributed by atoms with Gasteiger partial charge in [-0.3, -0.25) is 4.90 Å². The predicted molar refractivity (Wildman–Crippen MR) is 106 cm³/mol. The molecule has 1 aromatic heterocycles. The van der Waals surface area contributed by atoms with Gasteiger partial charge >= 0.3 is 0 Å². The van der Waals surface area contributed by atoms with E-state index in [1.807, 2.05) is 0 Å². The molecule has 3 aliphatic heterocycles. The van der Waals surface area contributed by atoms with Crippen molar-refractivity contribution in [3.8, 4) is 0 Å². The second-order valence-electron chi connectivity index (χ2n) is 8.38. The molecule has 0 bridgehead atoms. The molecule has 2 saturated heterocycles. The Morgan fingerprint density at radius 3 is 2.74 bits per heavy atom. The Labute approximate surface area is 179 Å². The number of rotatable bonds is 4. The Balaban J connectivity index is 1.25. The van der Waals surface area contributed by atoms with E-state index in [0.29, 0.717) is 39.1 Å². The number of nitrogens with two attached hydrogens (primary N) is 1. The van der Waals surface area contributed by atoms with E-state index < -0.39 is 39.1 Å². The molecular formula is C20H24F2N4O4S. The molecule has 4 atom stereocenters. The van der Waals surface area contributed by atoms with Crippen LogP contribution in [0.1, 0.15) is 35.8 Å². The summed E-state index contributed by atoms with van der Waals surface area (Å²) in [6, 6.07) is 2.76. The van der Waals surface area contributed by atoms with Crippen molar-refractivity contribution in [2.75, 3.05) is 19.8 Å². The van der Waals surface area contributed by atoms with Gasteiger partial charge in [-0.25, -0.2) is 17.2 Å². The Morgan fingerprint density at radius 1 is 1.19 bits per heavy atom. The number of halogens is 2. The van der Waals surface area contributed by atoms with Gasteiger partial charge in [-0.1, -0.05) is 0 Å². The first kappa shape index (κ1) is 21.0. The molecule has 2 fully saturated rings. The average Bonchev–Trinajstić information content (AvgIpc) is 3.46. The smallest absolute Gasteiger partial charge is 0.259 e. The predicted octanol–water partition coefficient (Wildman–Crippen LogP) is 1.30. The van der Waals surface area contributed by atoms with Crippen LogP contribution < -0.4 is 5.73 Å². The summed E-state index contributed by atoms with van der Waals surface area (Å²) in [5, 5.41) is 3.76. The lowest BCUT2D eigenvalue weighted by atomic mass is 9.93. The van der Waals surface area contributed by atoms with Crippen LogP contribution in [0.25, 0.3) is 0 Å². The minimum Gasteiger partial charge on any atom is -0.380 e. The van der Waals surface area contributed by atoms with Crippen LogP contribution >= 0.6 is 0 Å². The molecule has 0 amide bonds. The van der Waals surface area contributed by atoms with Crippen LogP contribution in [-0.4, -0.2) is 59.7 Å². The highest BCUT2D eigenvalue weighted by Gasteiger charge is 2.38. The second-order valence-corrected chi connectivity index (χ2v) is 10.5. The average molecular weight is 454 g/mol. The van der Waals surface area contributed by atoms with E-state index >= 15 is 0 Å². The normalized spacial score (nSPS) is 29.4. The van der Waals surface area contributed by atoms with Crippen molar-refractivity contribution in [2.24, 2.45) is 5.73 Å². The number of hydrogen-bond acceptors (Lipinski definition) is 7. The highest BCUT2D eigenvalue weighted by Crippen LogP contribution is 2.34. The number of ether oxygens (including phenoxy) is 2. The van der Waals surface area contributed by atoms with E-state index in [2.05, 4.69) is 10.00 Å². The van der Waals surface area contributed by atoms with Crippen LogP contribution in [0.15, 0.2) is 24.4 Å². The molecule has 11 heteroatoms. The van der Waals surface area contributed by atoms with Crippen LogP contribution in [-0.2, 0) is 32.6 Å². The number of aromatic nitrogens is 2. The van der Waals surface area contributed by atoms with Crippen molar-refractivity contribution >= 4 is 10.0 Å². The van der Waals surface area contributed by atoms with E-state index in [1.165, 1.54) is 0 Å². The van der Waals surface area contributed by atoms with Crippen LogP contribution in [0.2, 0.25) is 0 Å². The molecule has 31 heavy (non-hydrogen) atoms. The zero-order valence-corrected chi connectivity index (χ0v) is 17.6. The molecule has 8 nitrogen and oxygen atoms in total. The van der Waals surface area contributed by atoms with Crippen molar-refractivity contribution in [3.05, 3.63) is 52.9 Å². The van der Waals surface area contributed by atoms with Gasteiger partial charge in [0.05, 0.1) is 18.9 Å². The molecule has 2 N–H and O–H groups in total. The molecular weight excluding hydrogens is 430 g/mol. The summed E-state index contributed by atoms with van der Waals surface area (Å²) >= 11 is 0. The van der Waals surface area contributed by atoms with Crippen molar-refractivity contribution in [2.45, 2.75) is 49.4 Å². The van der Waals surface area contributed by atoms with Gasteiger partial charge in [0.2, 0.25) is 0 Å². The lowest BCUT2D eigenvalue weighted by molar-refractivity contribution is -0.0533. The van der Waals surface area contributed by atoms with Crippen LogP contribution in [0.5, 0.6) is 0 Å². The van der Waals surface area contributed by atoms with Gasteiger partial charge < -0.3 is 15.2 Å². The summed E-state index contributed by atoms with van der Waals surface area (Å²) in [5.74, 6) is -1.07. The van der Waals surface area contributed by atoms with Gasteiger partial charge in [0.25, 0.3) is 10.0 Å². The number of nitrogens with zero attached hydrogens (tertiary/aromatic N) is 3. The van der Waals surface area contributed by atoms with E-state index in [0.717, 1.165) is 33.5 Å². The molecule has 5 rings (SSSR count). The van der Waals surface area contributed by atoms with Gasteiger partial charge in [-0.05, 0) is 31.0 Å². The molecule has 0 spiro atoms. The van der Waals surface area contributed by atoms with Gasteiger partial charge in [-0.15, -0.1) is 0 Å². The largest absolute Gasteiger partial charge is 0.380 e. The highest BCUT2D eigenvalue weighted by molar-refractivity contribution is 7.90. The lowest BCUT2D eigenvalue weighted by Gasteiger charge is -2.38. The van der Waals surface area contributed by atoms with Crippen LogP contribution in [0.3, 0.4) is 0 Å². The van der Waals surface area contributed by atoms with Crippen LogP contribution in [0.4, 0.5) is 8.78 Å². The minimum absolute atomic E-state index is 0.0228. The fourth-order valence-corrected chi connectivity index (χ4v) is 6.05. The Kier molecular flexibility index (Phi) is 5.33. The first-order valence-corrected chi connectivity index (χ1v) is 11.8. The molecule has 0 saturated carbocycles. The SMILES string of the molecule is N[C@H]1C[C@@H](N2Cc3cn(S(=O)(=O)C4CCOC4)nc3C2)COC1c1cc(F)ccc1F. The van der Waals surface area contributed by atoms with Crippen molar-refractivity contribution in [1.82, 2.24) is 14.1 Å². The standard InChI is InChI=1S/C20H24F2N4O4S/c21-13-1-2-17(22)16(5-13)20-18(23)6-14(10-30-20)25-7-12-8-26(24-19(12)9-25)31(27,28)15-3-4-29-11-15/h1-2,5,8,14-15,18,20H,3-4,6-7,9-11,23H2/t14-,15?,18+,20?/m1/s1. The maximum atomic E-state index is 14.1. The zero-order valence-electron chi connectivity index (χ0n) is 16.8. The quantitative estimate of drug-likeness (QED) is 0.743. The molecule has 1 aromatic carbocycles. The van der Waals surface area contributed by atoms with Crippen LogP contribution in [0, 0.1) is 11.6 Å². The topological polar surface area (TPSA) is 99.7 Å². The maximum absolute atomic E-state index is 14.1. The monoisotopic (exact) mass is 454 g/mol. The molecule has 4 heterocycles. The summed E-state index contributed by atoms with van der Waals surface area (Å²) in [6.07, 6.45) is 1.89. The molecule has 0 radical (unpaired) electrons. The van der Waals surface area contributed by atoms with Gasteiger partial charge in [0.1, 0.15) is 23.0 Å². The zero-order chi connectivity index (χ0) is 21.8. The van der Waals surface area contributed by atoms with E-state index in [-0.39, 0.29) is 18.2 Å².